The first kappa shape index (κ1) is 29.7. The fraction of sp³-hybridized carbons (Fsp3) is 0.280. The SMILES string of the molecule is CC(C)(C)c1ccc(-c2[c-]cccc2)nc1.[2H]C([2H])([2H])c1cnc(-c2[c-]cc(C([2H])([2H])[2H])c3c2oc2cc4c(ccc5ccccc54)cc23)cc1C1([2H])CCC(C)(C)CC1.[Ir]. The van der Waals surface area contributed by atoms with E-state index in [1.165, 1.54) is 17.8 Å². The third-order valence-electron chi connectivity index (χ3n) is 10.8. The van der Waals surface area contributed by atoms with Gasteiger partial charge < -0.3 is 14.4 Å². The van der Waals surface area contributed by atoms with Crippen molar-refractivity contribution in [3.05, 3.63) is 144 Å². The maximum absolute atomic E-state index is 9.45. The van der Waals surface area contributed by atoms with Gasteiger partial charge in [0.05, 0.1) is 5.58 Å². The van der Waals surface area contributed by atoms with E-state index in [1.807, 2.05) is 60.8 Å². The summed E-state index contributed by atoms with van der Waals surface area (Å²) >= 11 is 0. The molecule has 3 heterocycles. The molecule has 1 fully saturated rings. The Morgan fingerprint density at radius 3 is 2.26 bits per heavy atom. The number of nitrogens with zero attached hydrogens (tertiary/aromatic N) is 2. The Morgan fingerprint density at radius 1 is 0.778 bits per heavy atom. The molecule has 0 unspecified atom stereocenters. The van der Waals surface area contributed by atoms with Crippen molar-refractivity contribution in [1.82, 2.24) is 9.97 Å². The molecule has 9 rings (SSSR count). The van der Waals surface area contributed by atoms with Crippen LogP contribution in [-0.4, -0.2) is 9.97 Å². The first-order valence-corrected chi connectivity index (χ1v) is 18.4. The average molecular weight is 892 g/mol. The molecular formula is C50H48IrN2O-2. The van der Waals surface area contributed by atoms with E-state index >= 15 is 0 Å². The molecule has 8 aromatic rings. The summed E-state index contributed by atoms with van der Waals surface area (Å²) in [7, 11) is 0. The number of pyridine rings is 2. The van der Waals surface area contributed by atoms with Crippen LogP contribution in [0.25, 0.3) is 66.0 Å². The van der Waals surface area contributed by atoms with Crippen molar-refractivity contribution in [1.29, 1.82) is 0 Å². The van der Waals surface area contributed by atoms with E-state index in [4.69, 9.17) is 12.6 Å². The number of hydrogen-bond donors (Lipinski definition) is 0. The van der Waals surface area contributed by atoms with Crippen LogP contribution in [-0.2, 0) is 25.5 Å². The normalized spacial score (nSPS) is 17.5. The predicted octanol–water partition coefficient (Wildman–Crippen LogP) is 13.9. The van der Waals surface area contributed by atoms with E-state index in [-0.39, 0.29) is 42.1 Å². The van der Waals surface area contributed by atoms with Crippen molar-refractivity contribution in [3.63, 3.8) is 0 Å². The Balaban J connectivity index is 0.000000278. The van der Waals surface area contributed by atoms with Crippen LogP contribution in [0.2, 0.25) is 0 Å². The number of aromatic nitrogens is 2. The molecule has 0 atom stereocenters. The maximum atomic E-state index is 9.45. The van der Waals surface area contributed by atoms with E-state index in [0.717, 1.165) is 45.6 Å². The molecule has 1 radical (unpaired) electrons. The van der Waals surface area contributed by atoms with Gasteiger partial charge in [0, 0.05) is 47.5 Å². The second-order valence-corrected chi connectivity index (χ2v) is 16.1. The van der Waals surface area contributed by atoms with Crippen molar-refractivity contribution in [3.8, 4) is 22.5 Å². The zero-order valence-electron chi connectivity index (χ0n) is 38.4. The van der Waals surface area contributed by atoms with Gasteiger partial charge >= 0.3 is 0 Å². The van der Waals surface area contributed by atoms with E-state index in [9.17, 15) is 1.37 Å². The van der Waals surface area contributed by atoms with E-state index in [2.05, 4.69) is 87.1 Å². The predicted molar refractivity (Wildman–Crippen MR) is 222 cm³/mol. The van der Waals surface area contributed by atoms with Crippen molar-refractivity contribution < 1.29 is 34.1 Å². The Hall–Kier alpha value is -4.63. The van der Waals surface area contributed by atoms with E-state index < -0.39 is 19.6 Å². The minimum Gasteiger partial charge on any atom is -0.501 e. The second kappa shape index (κ2) is 14.9. The molecule has 275 valence electrons. The van der Waals surface area contributed by atoms with Crippen LogP contribution in [0.15, 0.2) is 114 Å². The Bertz CT molecular complexity index is 2860. The molecule has 0 amide bonds. The fourth-order valence-corrected chi connectivity index (χ4v) is 7.45. The minimum absolute atomic E-state index is 0. The van der Waals surface area contributed by atoms with Crippen LogP contribution in [0.3, 0.4) is 0 Å². The van der Waals surface area contributed by atoms with E-state index in [0.29, 0.717) is 51.6 Å². The summed E-state index contributed by atoms with van der Waals surface area (Å²) in [5, 5.41) is 5.26. The summed E-state index contributed by atoms with van der Waals surface area (Å²) in [6.45, 7) is 6.08. The monoisotopic (exact) mass is 892 g/mol. The van der Waals surface area contributed by atoms with Crippen molar-refractivity contribution >= 4 is 43.5 Å². The molecule has 0 spiro atoms. The number of rotatable bonds is 3. The summed E-state index contributed by atoms with van der Waals surface area (Å²) in [6.07, 6.45) is 6.00. The standard InChI is InChI=1S/C35H32NO.C15H16N.Ir/c1-21-9-12-27(31-18-28(22(2)20-36-31)24-13-15-35(3,4)16-14-24)34-33(21)30-17-25-11-10-23-7-5-6-8-26(23)29(25)19-32(30)37-34;1-15(2,3)13-9-10-14(16-11-13)12-7-5-4-6-8-12;/h5-11,17-20,24H,13-16H2,1-4H3;4-7,9-11H,1-3H3;/q2*-1;/i1D3,2D3,24D;;. The molecule has 1 saturated carbocycles. The van der Waals surface area contributed by atoms with Crippen LogP contribution in [0.4, 0.5) is 0 Å². The summed E-state index contributed by atoms with van der Waals surface area (Å²) in [4.78, 5) is 9.05. The molecular weight excluding hydrogens is 837 g/mol. The molecule has 3 nitrogen and oxygen atoms in total. The molecule has 1 aliphatic carbocycles. The van der Waals surface area contributed by atoms with Crippen LogP contribution in [0, 0.1) is 31.3 Å². The van der Waals surface area contributed by atoms with Gasteiger partial charge in [-0.05, 0) is 111 Å². The molecule has 0 saturated heterocycles. The third kappa shape index (κ3) is 7.39. The third-order valence-corrected chi connectivity index (χ3v) is 10.8. The molecule has 0 aliphatic heterocycles. The van der Waals surface area contributed by atoms with Crippen molar-refractivity contribution in [2.75, 3.05) is 0 Å². The maximum Gasteiger partial charge on any atom is 0.121 e. The average Bonchev–Trinajstić information content (AvgIpc) is 3.58. The summed E-state index contributed by atoms with van der Waals surface area (Å²) in [6, 6.07) is 37.7. The molecule has 3 aromatic heterocycles. The molecule has 1 aliphatic rings. The Labute approximate surface area is 343 Å². The summed E-state index contributed by atoms with van der Waals surface area (Å²) in [5.74, 6) is -1.08. The first-order chi connectivity index (χ1) is 28.2. The Morgan fingerprint density at radius 2 is 1.54 bits per heavy atom. The number of aryl methyl sites for hydroxylation is 2. The zero-order chi connectivity index (χ0) is 42.8. The number of hydrogen-bond acceptors (Lipinski definition) is 3. The molecule has 54 heavy (non-hydrogen) atoms. The van der Waals surface area contributed by atoms with Crippen molar-refractivity contribution in [2.24, 2.45) is 5.41 Å². The molecule has 0 N–H and O–H groups in total. The summed E-state index contributed by atoms with van der Waals surface area (Å²) < 4.78 is 65.5. The smallest absolute Gasteiger partial charge is 0.121 e. The number of fused-ring (bicyclic) bond motifs is 6. The quantitative estimate of drug-likeness (QED) is 0.131. The van der Waals surface area contributed by atoms with Gasteiger partial charge in [-0.15, -0.1) is 53.6 Å². The van der Waals surface area contributed by atoms with Gasteiger partial charge in [-0.3, -0.25) is 0 Å². The van der Waals surface area contributed by atoms with Gasteiger partial charge in [0.15, 0.2) is 0 Å². The van der Waals surface area contributed by atoms with Gasteiger partial charge in [0.1, 0.15) is 5.58 Å². The number of furan rings is 1. The van der Waals surface area contributed by atoms with Crippen LogP contribution in [0.5, 0.6) is 0 Å². The van der Waals surface area contributed by atoms with Gasteiger partial charge in [-0.2, -0.15) is 0 Å². The number of benzene rings is 5. The Kier molecular flexibility index (Phi) is 8.19. The first-order valence-electron chi connectivity index (χ1n) is 21.9. The van der Waals surface area contributed by atoms with Crippen LogP contribution in [0.1, 0.15) is 98.0 Å². The van der Waals surface area contributed by atoms with Gasteiger partial charge in [-0.25, -0.2) is 0 Å². The molecule has 0 bridgehead atoms. The molecule has 5 aromatic carbocycles. The van der Waals surface area contributed by atoms with Gasteiger partial charge in [0.2, 0.25) is 0 Å². The summed E-state index contributed by atoms with van der Waals surface area (Å²) in [5.41, 5.74) is 5.89. The fourth-order valence-electron chi connectivity index (χ4n) is 7.45. The van der Waals surface area contributed by atoms with Gasteiger partial charge in [0.25, 0.3) is 0 Å². The van der Waals surface area contributed by atoms with Crippen LogP contribution >= 0.6 is 0 Å². The minimum atomic E-state index is -2.44. The van der Waals surface area contributed by atoms with Crippen molar-refractivity contribution in [2.45, 2.75) is 85.3 Å². The zero-order valence-corrected chi connectivity index (χ0v) is 33.8. The van der Waals surface area contributed by atoms with Crippen LogP contribution < -0.4 is 0 Å². The van der Waals surface area contributed by atoms with Gasteiger partial charge in [-0.1, -0.05) is 107 Å². The largest absolute Gasteiger partial charge is 0.501 e. The topological polar surface area (TPSA) is 38.9 Å². The van der Waals surface area contributed by atoms with E-state index in [1.54, 1.807) is 6.07 Å². The second-order valence-electron chi connectivity index (χ2n) is 16.1. The molecule has 4 heteroatoms.